The molecule has 3 rings (SSSR count). The molecule has 2 aromatic rings. The SMILES string of the molecule is COc1ccc2c(c1)C(C(=O)NCCc1nc(C)c(C)s1)CC(=O)N2. The second kappa shape index (κ2) is 7.23. The van der Waals surface area contributed by atoms with Gasteiger partial charge in [0.25, 0.3) is 0 Å². The van der Waals surface area contributed by atoms with Crippen LogP contribution in [0.1, 0.15) is 33.5 Å². The summed E-state index contributed by atoms with van der Waals surface area (Å²) >= 11 is 1.65. The second-order valence-electron chi connectivity index (χ2n) is 6.05. The summed E-state index contributed by atoms with van der Waals surface area (Å²) in [5.74, 6) is -0.126. The summed E-state index contributed by atoms with van der Waals surface area (Å²) in [5, 5.41) is 6.75. The zero-order chi connectivity index (χ0) is 18.0. The van der Waals surface area contributed by atoms with Gasteiger partial charge in [0.1, 0.15) is 5.75 Å². The van der Waals surface area contributed by atoms with Gasteiger partial charge in [0.05, 0.1) is 23.7 Å². The van der Waals surface area contributed by atoms with Crippen molar-refractivity contribution in [3.8, 4) is 5.75 Å². The normalized spacial score (nSPS) is 16.1. The lowest BCUT2D eigenvalue weighted by Gasteiger charge is -2.25. The number of fused-ring (bicyclic) bond motifs is 1. The predicted octanol–water partition coefficient (Wildman–Crippen LogP) is 2.55. The lowest BCUT2D eigenvalue weighted by molar-refractivity contribution is -0.126. The fourth-order valence-electron chi connectivity index (χ4n) is 2.86. The molecule has 132 valence electrons. The minimum atomic E-state index is -0.501. The number of nitrogens with zero attached hydrogens (tertiary/aromatic N) is 1. The van der Waals surface area contributed by atoms with Gasteiger partial charge in [0, 0.05) is 30.0 Å². The molecule has 6 nitrogen and oxygen atoms in total. The van der Waals surface area contributed by atoms with E-state index in [1.165, 1.54) is 4.88 Å². The first-order chi connectivity index (χ1) is 12.0. The van der Waals surface area contributed by atoms with Crippen LogP contribution in [-0.4, -0.2) is 30.5 Å². The molecule has 1 aliphatic heterocycles. The molecule has 0 saturated carbocycles. The molecule has 0 radical (unpaired) electrons. The summed E-state index contributed by atoms with van der Waals surface area (Å²) in [6.07, 6.45) is 0.830. The highest BCUT2D eigenvalue weighted by Gasteiger charge is 2.30. The van der Waals surface area contributed by atoms with Gasteiger partial charge in [-0.1, -0.05) is 0 Å². The third-order valence-electron chi connectivity index (χ3n) is 4.33. The average molecular weight is 359 g/mol. The van der Waals surface area contributed by atoms with Gasteiger partial charge in [0.2, 0.25) is 11.8 Å². The Morgan fingerprint density at radius 1 is 1.44 bits per heavy atom. The molecule has 0 spiro atoms. The monoisotopic (exact) mass is 359 g/mol. The standard InChI is InChI=1S/C18H21N3O3S/c1-10-11(2)25-17(20-10)6-7-19-18(23)14-9-16(22)21-15-5-4-12(24-3)8-13(14)15/h4-5,8,14H,6-7,9H2,1-3H3,(H,19,23)(H,21,22). The minimum absolute atomic E-state index is 0.140. The fourth-order valence-corrected chi connectivity index (χ4v) is 3.80. The summed E-state index contributed by atoms with van der Waals surface area (Å²) in [4.78, 5) is 30.2. The Morgan fingerprint density at radius 2 is 2.24 bits per heavy atom. The molecule has 0 saturated heterocycles. The molecule has 0 aliphatic carbocycles. The van der Waals surface area contributed by atoms with Crippen molar-refractivity contribution < 1.29 is 14.3 Å². The summed E-state index contributed by atoms with van der Waals surface area (Å²) in [7, 11) is 1.58. The number of rotatable bonds is 5. The Balaban J connectivity index is 1.68. The molecule has 0 bridgehead atoms. The highest BCUT2D eigenvalue weighted by atomic mass is 32.1. The molecule has 2 amide bonds. The first-order valence-electron chi connectivity index (χ1n) is 8.16. The number of thiazole rings is 1. The van der Waals surface area contributed by atoms with E-state index in [9.17, 15) is 9.59 Å². The molecule has 1 aliphatic rings. The molecule has 2 N–H and O–H groups in total. The number of carbonyl (C=O) groups excluding carboxylic acids is 2. The topological polar surface area (TPSA) is 80.3 Å². The Hall–Kier alpha value is -2.41. The quantitative estimate of drug-likeness (QED) is 0.860. The van der Waals surface area contributed by atoms with Crippen LogP contribution in [0.25, 0.3) is 0 Å². The first-order valence-corrected chi connectivity index (χ1v) is 8.98. The van der Waals surface area contributed by atoms with Crippen LogP contribution >= 0.6 is 11.3 Å². The van der Waals surface area contributed by atoms with E-state index in [0.29, 0.717) is 24.4 Å². The summed E-state index contributed by atoms with van der Waals surface area (Å²) in [6.45, 7) is 4.53. The molecule has 1 aromatic heterocycles. The van der Waals surface area contributed by atoms with Crippen LogP contribution < -0.4 is 15.4 Å². The van der Waals surface area contributed by atoms with Gasteiger partial charge in [-0.15, -0.1) is 11.3 Å². The maximum atomic E-state index is 12.6. The van der Waals surface area contributed by atoms with Crippen LogP contribution in [0.15, 0.2) is 18.2 Å². The Bertz CT molecular complexity index is 796. The van der Waals surface area contributed by atoms with Crippen LogP contribution in [0.3, 0.4) is 0 Å². The van der Waals surface area contributed by atoms with Gasteiger partial charge in [-0.2, -0.15) is 0 Å². The van der Waals surface area contributed by atoms with Crippen molar-refractivity contribution >= 4 is 28.8 Å². The maximum absolute atomic E-state index is 12.6. The summed E-state index contributed by atoms with van der Waals surface area (Å²) in [5.41, 5.74) is 2.50. The van der Waals surface area contributed by atoms with Crippen molar-refractivity contribution in [1.29, 1.82) is 0 Å². The molecule has 7 heteroatoms. The maximum Gasteiger partial charge on any atom is 0.228 e. The summed E-state index contributed by atoms with van der Waals surface area (Å²) in [6, 6.07) is 5.35. The number of benzene rings is 1. The van der Waals surface area contributed by atoms with Gasteiger partial charge in [-0.3, -0.25) is 9.59 Å². The number of aryl methyl sites for hydroxylation is 2. The van der Waals surface area contributed by atoms with Gasteiger partial charge in [0.15, 0.2) is 0 Å². The van der Waals surface area contributed by atoms with E-state index in [0.717, 1.165) is 16.3 Å². The molecular weight excluding hydrogens is 338 g/mol. The third kappa shape index (κ3) is 3.82. The van der Waals surface area contributed by atoms with Gasteiger partial charge in [-0.25, -0.2) is 4.98 Å². The Kier molecular flexibility index (Phi) is 5.03. The van der Waals surface area contributed by atoms with Gasteiger partial charge in [-0.05, 0) is 37.6 Å². The van der Waals surface area contributed by atoms with Gasteiger partial charge < -0.3 is 15.4 Å². The fraction of sp³-hybridized carbons (Fsp3) is 0.389. The van der Waals surface area contributed by atoms with Crippen molar-refractivity contribution in [3.63, 3.8) is 0 Å². The lowest BCUT2D eigenvalue weighted by atomic mass is 9.89. The number of amides is 2. The van der Waals surface area contributed by atoms with E-state index in [4.69, 9.17) is 4.74 Å². The largest absolute Gasteiger partial charge is 0.497 e. The number of methoxy groups -OCH3 is 1. The number of ether oxygens (including phenoxy) is 1. The van der Waals surface area contributed by atoms with Crippen molar-refractivity contribution in [2.75, 3.05) is 19.0 Å². The number of anilines is 1. The van der Waals surface area contributed by atoms with Crippen LogP contribution in [0, 0.1) is 13.8 Å². The van der Waals surface area contributed by atoms with Crippen molar-refractivity contribution in [2.45, 2.75) is 32.6 Å². The second-order valence-corrected chi connectivity index (χ2v) is 7.34. The molecule has 1 unspecified atom stereocenters. The Labute approximate surface area is 150 Å². The van der Waals surface area contributed by atoms with E-state index in [2.05, 4.69) is 15.6 Å². The molecule has 25 heavy (non-hydrogen) atoms. The molecule has 1 aromatic carbocycles. The van der Waals surface area contributed by atoms with Crippen molar-refractivity contribution in [3.05, 3.63) is 39.3 Å². The lowest BCUT2D eigenvalue weighted by Crippen LogP contribution is -2.36. The molecular formula is C18H21N3O3S. The number of hydrogen-bond acceptors (Lipinski definition) is 5. The molecule has 2 heterocycles. The number of carbonyl (C=O) groups is 2. The first kappa shape index (κ1) is 17.4. The predicted molar refractivity (Wildman–Crippen MR) is 97.3 cm³/mol. The third-order valence-corrected chi connectivity index (χ3v) is 5.46. The zero-order valence-electron chi connectivity index (χ0n) is 14.5. The van der Waals surface area contributed by atoms with E-state index in [-0.39, 0.29) is 18.2 Å². The number of aromatic nitrogens is 1. The zero-order valence-corrected chi connectivity index (χ0v) is 15.3. The van der Waals surface area contributed by atoms with Crippen LogP contribution in [0.2, 0.25) is 0 Å². The Morgan fingerprint density at radius 3 is 2.92 bits per heavy atom. The van der Waals surface area contributed by atoms with Crippen molar-refractivity contribution in [1.82, 2.24) is 10.3 Å². The van der Waals surface area contributed by atoms with Crippen LogP contribution in [0.4, 0.5) is 5.69 Å². The number of nitrogens with one attached hydrogen (secondary N) is 2. The highest BCUT2D eigenvalue weighted by molar-refractivity contribution is 7.11. The van der Waals surface area contributed by atoms with Gasteiger partial charge >= 0.3 is 0 Å². The smallest absolute Gasteiger partial charge is 0.228 e. The van der Waals surface area contributed by atoms with E-state index < -0.39 is 5.92 Å². The highest BCUT2D eigenvalue weighted by Crippen LogP contribution is 2.35. The van der Waals surface area contributed by atoms with E-state index >= 15 is 0 Å². The van der Waals surface area contributed by atoms with Crippen molar-refractivity contribution in [2.24, 2.45) is 0 Å². The minimum Gasteiger partial charge on any atom is -0.497 e. The average Bonchev–Trinajstić information content (AvgIpc) is 2.91. The molecule has 0 fully saturated rings. The van der Waals surface area contributed by atoms with E-state index in [1.807, 2.05) is 19.9 Å². The van der Waals surface area contributed by atoms with Crippen LogP contribution in [-0.2, 0) is 16.0 Å². The van der Waals surface area contributed by atoms with Crippen LogP contribution in [0.5, 0.6) is 5.75 Å². The number of hydrogen-bond donors (Lipinski definition) is 2. The summed E-state index contributed by atoms with van der Waals surface area (Å²) < 4.78 is 5.24. The van der Waals surface area contributed by atoms with E-state index in [1.54, 1.807) is 30.6 Å². The molecule has 1 atom stereocenters.